The maximum atomic E-state index is 5.74. The molecule has 20 heavy (non-hydrogen) atoms. The zero-order chi connectivity index (χ0) is 14.5. The van der Waals surface area contributed by atoms with Crippen molar-refractivity contribution in [3.63, 3.8) is 0 Å². The molecule has 0 amide bonds. The summed E-state index contributed by atoms with van der Waals surface area (Å²) >= 11 is 0. The molecule has 0 radical (unpaired) electrons. The number of hydrazine groups is 1. The largest absolute Gasteiger partial charge is 0.494 e. The van der Waals surface area contributed by atoms with Crippen molar-refractivity contribution >= 4 is 0 Å². The number of nitrogens with two attached hydrogens (primary N) is 1. The second kappa shape index (κ2) is 6.45. The highest BCUT2D eigenvalue weighted by Gasteiger charge is 2.16. The highest BCUT2D eigenvalue weighted by molar-refractivity contribution is 5.38. The monoisotopic (exact) mass is 272 g/mol. The molecule has 5 nitrogen and oxygen atoms in total. The fourth-order valence-electron chi connectivity index (χ4n) is 2.18. The minimum atomic E-state index is -0.135. The van der Waals surface area contributed by atoms with Crippen LogP contribution in [0.1, 0.15) is 35.5 Å². The number of aromatic nitrogens is 2. The van der Waals surface area contributed by atoms with Gasteiger partial charge in [-0.05, 0) is 50.1 Å². The van der Waals surface area contributed by atoms with Crippen LogP contribution in [0.3, 0.4) is 0 Å². The molecule has 0 aliphatic carbocycles. The third-order valence-electron chi connectivity index (χ3n) is 3.12. The second-order valence-electron chi connectivity index (χ2n) is 4.63. The van der Waals surface area contributed by atoms with Crippen LogP contribution in [0, 0.1) is 13.8 Å². The van der Waals surface area contributed by atoms with Gasteiger partial charge in [0, 0.05) is 0 Å². The summed E-state index contributed by atoms with van der Waals surface area (Å²) in [5, 5.41) is 8.21. The third kappa shape index (κ3) is 3.12. The van der Waals surface area contributed by atoms with Gasteiger partial charge in [0.15, 0.2) is 0 Å². The molecule has 106 valence electrons. The Morgan fingerprint density at radius 2 is 2.05 bits per heavy atom. The molecular formula is C15H20N4O. The van der Waals surface area contributed by atoms with Gasteiger partial charge in [-0.3, -0.25) is 5.84 Å². The van der Waals surface area contributed by atoms with E-state index in [0.29, 0.717) is 6.61 Å². The standard InChI is InChI=1S/C15H20N4O/c1-4-20-13-7-5-6-12(9-13)15(17-16)14-8-10(2)18-19-11(14)3/h5-9,15,17H,4,16H2,1-3H3. The minimum absolute atomic E-state index is 0.135. The van der Waals surface area contributed by atoms with Crippen LogP contribution in [0.15, 0.2) is 30.3 Å². The third-order valence-corrected chi connectivity index (χ3v) is 3.12. The van der Waals surface area contributed by atoms with Gasteiger partial charge in [0.25, 0.3) is 0 Å². The summed E-state index contributed by atoms with van der Waals surface area (Å²) in [5.41, 5.74) is 6.64. The molecule has 0 spiro atoms. The molecule has 0 saturated carbocycles. The van der Waals surface area contributed by atoms with Crippen molar-refractivity contribution in [2.75, 3.05) is 6.61 Å². The smallest absolute Gasteiger partial charge is 0.119 e. The zero-order valence-corrected chi connectivity index (χ0v) is 12.1. The summed E-state index contributed by atoms with van der Waals surface area (Å²) in [5.74, 6) is 6.58. The Bertz CT molecular complexity index is 586. The first-order chi connectivity index (χ1) is 9.65. The van der Waals surface area contributed by atoms with Crippen LogP contribution in [0.5, 0.6) is 5.75 Å². The van der Waals surface area contributed by atoms with Crippen LogP contribution in [-0.2, 0) is 0 Å². The Hall–Kier alpha value is -1.98. The van der Waals surface area contributed by atoms with Gasteiger partial charge in [-0.25, -0.2) is 5.43 Å². The summed E-state index contributed by atoms with van der Waals surface area (Å²) in [4.78, 5) is 0. The summed E-state index contributed by atoms with van der Waals surface area (Å²) < 4.78 is 5.53. The molecule has 2 aromatic rings. The molecule has 0 aliphatic heterocycles. The molecule has 1 heterocycles. The van der Waals surface area contributed by atoms with E-state index in [4.69, 9.17) is 10.6 Å². The number of rotatable bonds is 5. The molecule has 1 aromatic heterocycles. The Morgan fingerprint density at radius 3 is 2.75 bits per heavy atom. The molecule has 0 fully saturated rings. The van der Waals surface area contributed by atoms with E-state index in [1.165, 1.54) is 0 Å². The topological polar surface area (TPSA) is 73.1 Å². The maximum Gasteiger partial charge on any atom is 0.119 e. The fourth-order valence-corrected chi connectivity index (χ4v) is 2.18. The number of nitrogens with one attached hydrogen (secondary N) is 1. The Morgan fingerprint density at radius 1 is 1.25 bits per heavy atom. The number of aryl methyl sites for hydroxylation is 2. The fraction of sp³-hybridized carbons (Fsp3) is 0.333. The molecule has 2 rings (SSSR count). The molecule has 1 unspecified atom stereocenters. The van der Waals surface area contributed by atoms with Crippen molar-refractivity contribution in [2.24, 2.45) is 5.84 Å². The number of nitrogens with zero attached hydrogens (tertiary/aromatic N) is 2. The number of benzene rings is 1. The average molecular weight is 272 g/mol. The molecule has 0 saturated heterocycles. The van der Waals surface area contributed by atoms with Gasteiger partial charge in [0.1, 0.15) is 5.75 Å². The lowest BCUT2D eigenvalue weighted by Gasteiger charge is -2.19. The SMILES string of the molecule is CCOc1cccc(C(NN)c2cc(C)nnc2C)c1. The minimum Gasteiger partial charge on any atom is -0.494 e. The molecule has 0 bridgehead atoms. The first-order valence-electron chi connectivity index (χ1n) is 6.65. The van der Waals surface area contributed by atoms with Crippen molar-refractivity contribution in [3.8, 4) is 5.75 Å². The molecular weight excluding hydrogens is 252 g/mol. The van der Waals surface area contributed by atoms with Crippen LogP contribution in [0.25, 0.3) is 0 Å². The van der Waals surface area contributed by atoms with Crippen LogP contribution < -0.4 is 16.0 Å². The van der Waals surface area contributed by atoms with Gasteiger partial charge in [0.2, 0.25) is 0 Å². The second-order valence-corrected chi connectivity index (χ2v) is 4.63. The average Bonchev–Trinajstić information content (AvgIpc) is 2.44. The van der Waals surface area contributed by atoms with Crippen LogP contribution in [0.2, 0.25) is 0 Å². The normalized spacial score (nSPS) is 12.2. The van der Waals surface area contributed by atoms with E-state index < -0.39 is 0 Å². The summed E-state index contributed by atoms with van der Waals surface area (Å²) in [6.07, 6.45) is 0. The first-order valence-corrected chi connectivity index (χ1v) is 6.65. The number of hydrogen-bond donors (Lipinski definition) is 2. The zero-order valence-electron chi connectivity index (χ0n) is 12.1. The highest BCUT2D eigenvalue weighted by Crippen LogP contribution is 2.26. The van der Waals surface area contributed by atoms with E-state index >= 15 is 0 Å². The van der Waals surface area contributed by atoms with Crippen molar-refractivity contribution in [3.05, 3.63) is 52.8 Å². The van der Waals surface area contributed by atoms with Crippen molar-refractivity contribution in [2.45, 2.75) is 26.8 Å². The van der Waals surface area contributed by atoms with Gasteiger partial charge >= 0.3 is 0 Å². The Balaban J connectivity index is 2.41. The summed E-state index contributed by atoms with van der Waals surface area (Å²) in [6.45, 7) is 6.45. The van der Waals surface area contributed by atoms with Gasteiger partial charge in [-0.1, -0.05) is 12.1 Å². The van der Waals surface area contributed by atoms with Gasteiger partial charge in [-0.15, -0.1) is 0 Å². The predicted octanol–water partition coefficient (Wildman–Crippen LogP) is 2.04. The van der Waals surface area contributed by atoms with Gasteiger partial charge in [-0.2, -0.15) is 10.2 Å². The number of hydrogen-bond acceptors (Lipinski definition) is 5. The van der Waals surface area contributed by atoms with Crippen LogP contribution in [-0.4, -0.2) is 16.8 Å². The van der Waals surface area contributed by atoms with E-state index in [0.717, 1.165) is 28.3 Å². The lowest BCUT2D eigenvalue weighted by molar-refractivity contribution is 0.339. The molecule has 5 heteroatoms. The first kappa shape index (κ1) is 14.4. The van der Waals surface area contributed by atoms with E-state index in [9.17, 15) is 0 Å². The Kier molecular flexibility index (Phi) is 4.65. The van der Waals surface area contributed by atoms with E-state index in [-0.39, 0.29) is 6.04 Å². The van der Waals surface area contributed by atoms with Crippen LogP contribution in [0.4, 0.5) is 0 Å². The molecule has 1 aromatic carbocycles. The van der Waals surface area contributed by atoms with E-state index in [2.05, 4.69) is 15.6 Å². The van der Waals surface area contributed by atoms with Crippen molar-refractivity contribution in [1.29, 1.82) is 0 Å². The maximum absolute atomic E-state index is 5.74. The molecule has 0 aliphatic rings. The molecule has 1 atom stereocenters. The molecule has 3 N–H and O–H groups in total. The van der Waals surface area contributed by atoms with Crippen molar-refractivity contribution in [1.82, 2.24) is 15.6 Å². The van der Waals surface area contributed by atoms with Gasteiger partial charge < -0.3 is 4.74 Å². The number of ether oxygens (including phenoxy) is 1. The lowest BCUT2D eigenvalue weighted by atomic mass is 9.98. The highest BCUT2D eigenvalue weighted by atomic mass is 16.5. The summed E-state index contributed by atoms with van der Waals surface area (Å²) in [7, 11) is 0. The Labute approximate surface area is 119 Å². The van der Waals surface area contributed by atoms with E-state index in [1.54, 1.807) is 0 Å². The van der Waals surface area contributed by atoms with Gasteiger partial charge in [0.05, 0.1) is 24.0 Å². The quantitative estimate of drug-likeness (QED) is 0.643. The lowest BCUT2D eigenvalue weighted by Crippen LogP contribution is -2.29. The summed E-state index contributed by atoms with van der Waals surface area (Å²) in [6, 6.07) is 9.76. The predicted molar refractivity (Wildman–Crippen MR) is 78.3 cm³/mol. The van der Waals surface area contributed by atoms with Crippen LogP contribution >= 0.6 is 0 Å². The van der Waals surface area contributed by atoms with Crippen molar-refractivity contribution < 1.29 is 4.74 Å². The van der Waals surface area contributed by atoms with E-state index in [1.807, 2.05) is 51.1 Å².